The molecule has 2 aliphatic heterocycles. The molecule has 1 saturated heterocycles. The molecule has 0 spiro atoms. The number of benzene rings is 2. The average Bonchev–Trinajstić information content (AvgIpc) is 3.10. The normalized spacial score (nSPS) is 18.0. The van der Waals surface area contributed by atoms with Gasteiger partial charge in [0, 0.05) is 26.6 Å². The van der Waals surface area contributed by atoms with E-state index in [0.29, 0.717) is 5.56 Å². The number of aryl methyl sites for hydroxylation is 1. The summed E-state index contributed by atoms with van der Waals surface area (Å²) in [5.41, 5.74) is 5.25. The number of likely N-dealkylation sites (tertiary alicyclic amines) is 1. The van der Waals surface area contributed by atoms with Crippen LogP contribution in [0.1, 0.15) is 54.1 Å². The van der Waals surface area contributed by atoms with Crippen molar-refractivity contribution in [3.05, 3.63) is 59.2 Å². The monoisotopic (exact) mass is 422 g/mol. The Morgan fingerprint density at radius 1 is 1.10 bits per heavy atom. The summed E-state index contributed by atoms with van der Waals surface area (Å²) in [6.07, 6.45) is 7.44. The van der Waals surface area contributed by atoms with Crippen LogP contribution >= 0.6 is 11.8 Å². The summed E-state index contributed by atoms with van der Waals surface area (Å²) in [5.74, 6) is 0.0125. The van der Waals surface area contributed by atoms with Gasteiger partial charge in [-0.2, -0.15) is 0 Å². The summed E-state index contributed by atoms with van der Waals surface area (Å²) in [5, 5.41) is 6.69. The summed E-state index contributed by atoms with van der Waals surface area (Å²) < 4.78 is 0. The van der Waals surface area contributed by atoms with Gasteiger partial charge in [0.15, 0.2) is 0 Å². The van der Waals surface area contributed by atoms with Gasteiger partial charge in [-0.25, -0.2) is 0 Å². The number of allylic oxidation sites excluding steroid dienone is 1. The van der Waals surface area contributed by atoms with Crippen molar-refractivity contribution in [3.8, 4) is 0 Å². The molecule has 2 aliphatic rings. The fourth-order valence-corrected chi connectivity index (χ4v) is 5.30. The number of hydrogen-bond acceptors (Lipinski definition) is 3. The first-order valence-electron chi connectivity index (χ1n) is 11.1. The van der Waals surface area contributed by atoms with E-state index in [4.69, 9.17) is 0 Å². The summed E-state index contributed by atoms with van der Waals surface area (Å²) in [7, 11) is 0. The molecular formula is C25H32N3OS+. The topological polar surface area (TPSA) is 45.6 Å². The van der Waals surface area contributed by atoms with Crippen LogP contribution in [0, 0.1) is 6.92 Å². The molecule has 0 bridgehead atoms. The number of amides is 1. The SMILES string of the molecule is CC=C1Nc2cc(C(=O)NCC[NH+]3CCCCCC3)ccc2Sc2ccc(C)cc21. The molecule has 2 heterocycles. The molecule has 2 aromatic carbocycles. The van der Waals surface area contributed by atoms with Gasteiger partial charge in [0.05, 0.1) is 31.9 Å². The minimum absolute atomic E-state index is 0.0125. The predicted molar refractivity (Wildman–Crippen MR) is 125 cm³/mol. The van der Waals surface area contributed by atoms with Crippen LogP contribution in [0.25, 0.3) is 5.70 Å². The van der Waals surface area contributed by atoms with Crippen LogP contribution in [0.2, 0.25) is 0 Å². The minimum Gasteiger partial charge on any atom is -0.354 e. The quantitative estimate of drug-likeness (QED) is 0.695. The molecule has 2 aromatic rings. The number of hydrogen-bond donors (Lipinski definition) is 3. The second kappa shape index (κ2) is 9.71. The zero-order chi connectivity index (χ0) is 20.9. The highest BCUT2D eigenvalue weighted by Gasteiger charge is 2.19. The minimum atomic E-state index is 0.0125. The first-order chi connectivity index (χ1) is 14.6. The standard InChI is InChI=1S/C25H31N3OS/c1-3-21-20-16-18(2)8-10-23(20)30-24-11-9-19(17-22(24)27-21)25(29)26-12-15-28-13-6-4-5-7-14-28/h3,8-11,16-17,27H,4-7,12-15H2,1-2H3,(H,26,29)/p+1. The number of rotatable bonds is 4. The highest BCUT2D eigenvalue weighted by molar-refractivity contribution is 7.99. The van der Waals surface area contributed by atoms with Gasteiger partial charge in [0.25, 0.3) is 5.91 Å². The Balaban J connectivity index is 1.45. The predicted octanol–water partition coefficient (Wildman–Crippen LogP) is 4.12. The smallest absolute Gasteiger partial charge is 0.251 e. The Morgan fingerprint density at radius 2 is 1.87 bits per heavy atom. The van der Waals surface area contributed by atoms with Crippen LogP contribution < -0.4 is 15.5 Å². The lowest BCUT2D eigenvalue weighted by Crippen LogP contribution is -3.12. The summed E-state index contributed by atoms with van der Waals surface area (Å²) in [4.78, 5) is 16.8. The first-order valence-corrected chi connectivity index (χ1v) is 11.9. The second-order valence-corrected chi connectivity index (χ2v) is 9.39. The molecule has 3 N–H and O–H groups in total. The molecule has 0 aromatic heterocycles. The van der Waals surface area contributed by atoms with Crippen LogP contribution in [-0.4, -0.2) is 32.1 Å². The van der Waals surface area contributed by atoms with Crippen molar-refractivity contribution in [3.63, 3.8) is 0 Å². The van der Waals surface area contributed by atoms with E-state index >= 15 is 0 Å². The maximum absolute atomic E-state index is 12.8. The molecule has 158 valence electrons. The van der Waals surface area contributed by atoms with Crippen molar-refractivity contribution < 1.29 is 9.69 Å². The third kappa shape index (κ3) is 4.90. The lowest BCUT2D eigenvalue weighted by molar-refractivity contribution is -0.898. The Kier molecular flexibility index (Phi) is 6.80. The van der Waals surface area contributed by atoms with E-state index in [1.165, 1.54) is 54.8 Å². The van der Waals surface area contributed by atoms with Gasteiger partial charge in [-0.1, -0.05) is 29.5 Å². The van der Waals surface area contributed by atoms with Gasteiger partial charge < -0.3 is 15.5 Å². The molecule has 0 atom stereocenters. The van der Waals surface area contributed by atoms with Crippen molar-refractivity contribution in [1.29, 1.82) is 0 Å². The lowest BCUT2D eigenvalue weighted by Gasteiger charge is -2.17. The van der Waals surface area contributed by atoms with Gasteiger partial charge >= 0.3 is 0 Å². The van der Waals surface area contributed by atoms with E-state index in [9.17, 15) is 4.79 Å². The third-order valence-corrected chi connectivity index (χ3v) is 7.17. The average molecular weight is 423 g/mol. The molecule has 0 radical (unpaired) electrons. The van der Waals surface area contributed by atoms with Crippen LogP contribution in [0.15, 0.2) is 52.3 Å². The second-order valence-electron chi connectivity index (χ2n) is 8.31. The zero-order valence-electron chi connectivity index (χ0n) is 18.0. The number of anilines is 1. The molecule has 0 aliphatic carbocycles. The molecular weight excluding hydrogens is 390 g/mol. The molecule has 1 fully saturated rings. The van der Waals surface area contributed by atoms with Crippen molar-refractivity contribution in [2.24, 2.45) is 0 Å². The van der Waals surface area contributed by atoms with E-state index < -0.39 is 0 Å². The number of carbonyl (C=O) groups is 1. The van der Waals surface area contributed by atoms with Crippen molar-refractivity contribution in [1.82, 2.24) is 5.32 Å². The van der Waals surface area contributed by atoms with Crippen molar-refractivity contribution in [2.45, 2.75) is 49.3 Å². The third-order valence-electron chi connectivity index (χ3n) is 6.02. The Morgan fingerprint density at radius 3 is 2.63 bits per heavy atom. The van der Waals surface area contributed by atoms with Gasteiger partial charge in [-0.15, -0.1) is 0 Å². The summed E-state index contributed by atoms with van der Waals surface area (Å²) >= 11 is 1.75. The molecule has 0 unspecified atom stereocenters. The zero-order valence-corrected chi connectivity index (χ0v) is 18.8. The molecule has 4 nitrogen and oxygen atoms in total. The first kappa shape index (κ1) is 21.0. The fraction of sp³-hybridized carbons (Fsp3) is 0.400. The number of fused-ring (bicyclic) bond motifs is 2. The molecule has 30 heavy (non-hydrogen) atoms. The Bertz CT molecular complexity index is 945. The van der Waals surface area contributed by atoms with E-state index in [1.807, 2.05) is 19.1 Å². The van der Waals surface area contributed by atoms with E-state index in [1.54, 1.807) is 16.7 Å². The highest BCUT2D eigenvalue weighted by atomic mass is 32.2. The maximum atomic E-state index is 12.8. The van der Waals surface area contributed by atoms with Gasteiger partial charge in [-0.3, -0.25) is 4.79 Å². The van der Waals surface area contributed by atoms with E-state index in [0.717, 1.165) is 29.4 Å². The van der Waals surface area contributed by atoms with E-state index in [2.05, 4.69) is 47.9 Å². The largest absolute Gasteiger partial charge is 0.354 e. The van der Waals surface area contributed by atoms with Crippen LogP contribution in [0.3, 0.4) is 0 Å². The van der Waals surface area contributed by atoms with Crippen LogP contribution in [0.5, 0.6) is 0 Å². The van der Waals surface area contributed by atoms with E-state index in [-0.39, 0.29) is 5.91 Å². The van der Waals surface area contributed by atoms with Crippen LogP contribution in [0.4, 0.5) is 5.69 Å². The van der Waals surface area contributed by atoms with Crippen molar-refractivity contribution >= 4 is 29.1 Å². The van der Waals surface area contributed by atoms with Gasteiger partial charge in [0.2, 0.25) is 0 Å². The highest BCUT2D eigenvalue weighted by Crippen LogP contribution is 2.42. The van der Waals surface area contributed by atoms with Gasteiger partial charge in [0.1, 0.15) is 0 Å². The summed E-state index contributed by atoms with van der Waals surface area (Å²) in [6, 6.07) is 12.5. The number of quaternary nitrogens is 1. The summed E-state index contributed by atoms with van der Waals surface area (Å²) in [6.45, 7) is 8.39. The Hall–Kier alpha value is -2.24. The molecule has 0 saturated carbocycles. The van der Waals surface area contributed by atoms with Gasteiger partial charge in [-0.05, 0) is 69.9 Å². The van der Waals surface area contributed by atoms with Crippen LogP contribution in [-0.2, 0) is 0 Å². The lowest BCUT2D eigenvalue weighted by atomic mass is 10.1. The maximum Gasteiger partial charge on any atom is 0.251 e. The molecule has 4 rings (SSSR count). The molecule has 1 amide bonds. The van der Waals surface area contributed by atoms with Crippen molar-refractivity contribution in [2.75, 3.05) is 31.5 Å². The number of nitrogens with one attached hydrogen (secondary N) is 3. The Labute approximate surface area is 184 Å². The number of carbonyl (C=O) groups excluding carboxylic acids is 1. The fourth-order valence-electron chi connectivity index (χ4n) is 4.29. The molecule has 5 heteroatoms.